The highest BCUT2D eigenvalue weighted by Crippen LogP contribution is 2.19. The van der Waals surface area contributed by atoms with Gasteiger partial charge in [-0.3, -0.25) is 9.59 Å². The highest BCUT2D eigenvalue weighted by molar-refractivity contribution is 5.90. The fourth-order valence-electron chi connectivity index (χ4n) is 1.36. The molecule has 0 aliphatic carbocycles. The summed E-state index contributed by atoms with van der Waals surface area (Å²) in [4.78, 5) is 34.9. The van der Waals surface area contributed by atoms with Gasteiger partial charge in [0, 0.05) is 0 Å². The molecule has 19 heavy (non-hydrogen) atoms. The minimum absolute atomic E-state index is 0.0234. The zero-order valence-corrected chi connectivity index (χ0v) is 11.4. The van der Waals surface area contributed by atoms with E-state index in [2.05, 4.69) is 5.11 Å². The molecule has 0 atom stereocenters. The summed E-state index contributed by atoms with van der Waals surface area (Å²) in [5.74, 6) is -2.51. The molecule has 7 nitrogen and oxygen atoms in total. The summed E-state index contributed by atoms with van der Waals surface area (Å²) in [5, 5.41) is 4.36. The van der Waals surface area contributed by atoms with Crippen molar-refractivity contribution in [1.82, 2.24) is 0 Å². The van der Waals surface area contributed by atoms with Crippen molar-refractivity contribution in [2.45, 2.75) is 39.2 Å². The van der Waals surface area contributed by atoms with Crippen LogP contribution >= 0.6 is 0 Å². The minimum Gasteiger partial charge on any atom is -0.466 e. The van der Waals surface area contributed by atoms with Gasteiger partial charge in [0.2, 0.25) is 1.43 Å². The third kappa shape index (κ3) is 6.19. The van der Waals surface area contributed by atoms with Crippen LogP contribution in [0.15, 0.2) is 0 Å². The van der Waals surface area contributed by atoms with E-state index in [1.165, 1.54) is 0 Å². The molecule has 0 fully saturated rings. The minimum atomic E-state index is -2.05. The van der Waals surface area contributed by atoms with Crippen molar-refractivity contribution in [3.05, 3.63) is 0 Å². The van der Waals surface area contributed by atoms with E-state index in [1.807, 2.05) is 0 Å². The molecule has 7 heteroatoms. The zero-order valence-electron chi connectivity index (χ0n) is 12.4. The molecular formula is C12H20O7. The molecule has 0 unspecified atom stereocenters. The van der Waals surface area contributed by atoms with Crippen molar-refractivity contribution in [2.75, 3.05) is 19.8 Å². The quantitative estimate of drug-likeness (QED) is 0.474. The zero-order chi connectivity index (χ0) is 15.6. The first-order valence-corrected chi connectivity index (χ1v) is 6.08. The molecule has 0 rings (SSSR count). The van der Waals surface area contributed by atoms with Crippen molar-refractivity contribution >= 4 is 17.9 Å². The summed E-state index contributed by atoms with van der Waals surface area (Å²) >= 11 is 0. The van der Waals surface area contributed by atoms with Gasteiger partial charge in [0.15, 0.2) is 5.60 Å². The molecule has 0 bridgehead atoms. The lowest BCUT2D eigenvalue weighted by Gasteiger charge is -2.23. The Bertz CT molecular complexity index is 323. The summed E-state index contributed by atoms with van der Waals surface area (Å²) < 4.78 is 21.2. The summed E-state index contributed by atoms with van der Waals surface area (Å²) in [6.45, 7) is 4.98. The standard InChI is InChI=1S/C12H20O7/c1-4-17-9(13)7-12(16,11(15)19-6-3)8-10(14)18-5-2/h16H,4-8H2,1-3H3/i16D. The molecule has 110 valence electrons. The van der Waals surface area contributed by atoms with Gasteiger partial charge in [-0.05, 0) is 20.8 Å². The molecule has 0 aromatic carbocycles. The number of hydrogen-bond acceptors (Lipinski definition) is 7. The van der Waals surface area contributed by atoms with E-state index >= 15 is 0 Å². The maximum atomic E-state index is 11.9. The Hall–Kier alpha value is -1.63. The summed E-state index contributed by atoms with van der Waals surface area (Å²) in [5.41, 5.74) is -2.05. The average Bonchev–Trinajstić information content (AvgIpc) is 2.38. The van der Waals surface area contributed by atoms with Gasteiger partial charge in [-0.25, -0.2) is 4.79 Å². The van der Waals surface area contributed by atoms with Gasteiger partial charge in [0.05, 0.1) is 32.7 Å². The lowest BCUT2D eigenvalue weighted by atomic mass is 9.95. The predicted molar refractivity (Wildman–Crippen MR) is 64.1 cm³/mol. The molecule has 0 aromatic heterocycles. The lowest BCUT2D eigenvalue weighted by molar-refractivity contribution is -0.177. The van der Waals surface area contributed by atoms with Crippen molar-refractivity contribution in [2.24, 2.45) is 0 Å². The Kier molecular flexibility index (Phi) is 6.88. The Morgan fingerprint density at radius 2 is 1.37 bits per heavy atom. The Balaban J connectivity index is 5.10. The second-order valence-corrected chi connectivity index (χ2v) is 3.68. The number of aliphatic hydroxyl groups is 1. The first kappa shape index (κ1) is 15.4. The van der Waals surface area contributed by atoms with E-state index in [0.717, 1.165) is 0 Å². The number of rotatable bonds is 9. The van der Waals surface area contributed by atoms with Crippen LogP contribution in [0.2, 0.25) is 0 Å². The van der Waals surface area contributed by atoms with E-state index in [1.54, 1.807) is 20.8 Å². The van der Waals surface area contributed by atoms with E-state index < -0.39 is 36.4 Å². The third-order valence-corrected chi connectivity index (χ3v) is 2.12. The monoisotopic (exact) mass is 277 g/mol. The Labute approximate surface area is 113 Å². The summed E-state index contributed by atoms with van der Waals surface area (Å²) in [7, 11) is 0. The van der Waals surface area contributed by atoms with E-state index in [9.17, 15) is 14.4 Å². The predicted octanol–water partition coefficient (Wildman–Crippen LogP) is 0.187. The van der Waals surface area contributed by atoms with Crippen LogP contribution in [0.5, 0.6) is 0 Å². The SMILES string of the molecule is [2H]OC(CC(=O)OCC)(CC(=O)OCC)C(=O)OCC. The van der Waals surface area contributed by atoms with Crippen molar-refractivity contribution in [3.8, 4) is 0 Å². The second-order valence-electron chi connectivity index (χ2n) is 3.68. The molecule has 0 saturated heterocycles. The molecule has 0 aliphatic heterocycles. The van der Waals surface area contributed by atoms with Crippen LogP contribution in [0, 0.1) is 0 Å². The van der Waals surface area contributed by atoms with Crippen molar-refractivity contribution in [1.29, 1.82) is 1.43 Å². The van der Waals surface area contributed by atoms with Crippen LogP contribution in [0.1, 0.15) is 33.6 Å². The van der Waals surface area contributed by atoms with Crippen molar-refractivity contribution in [3.63, 3.8) is 0 Å². The van der Waals surface area contributed by atoms with E-state index in [-0.39, 0.29) is 19.8 Å². The van der Waals surface area contributed by atoms with Gasteiger partial charge in [-0.15, -0.1) is 0 Å². The Morgan fingerprint density at radius 3 is 1.68 bits per heavy atom. The van der Waals surface area contributed by atoms with Gasteiger partial charge in [-0.2, -0.15) is 0 Å². The van der Waals surface area contributed by atoms with Crippen LogP contribution in [0.25, 0.3) is 0 Å². The van der Waals surface area contributed by atoms with Gasteiger partial charge in [-0.1, -0.05) is 0 Å². The number of hydrogen-bond donors (Lipinski definition) is 1. The van der Waals surface area contributed by atoms with Gasteiger partial charge in [0.1, 0.15) is 0 Å². The van der Waals surface area contributed by atoms with Crippen LogP contribution in [0.4, 0.5) is 0 Å². The molecule has 0 saturated carbocycles. The normalized spacial score (nSPS) is 11.4. The van der Waals surface area contributed by atoms with Crippen LogP contribution in [0.3, 0.4) is 0 Å². The fourth-order valence-corrected chi connectivity index (χ4v) is 1.36. The largest absolute Gasteiger partial charge is 0.466 e. The third-order valence-electron chi connectivity index (χ3n) is 2.12. The second kappa shape index (κ2) is 8.47. The summed E-state index contributed by atoms with van der Waals surface area (Å²) in [6.07, 6.45) is -1.19. The van der Waals surface area contributed by atoms with E-state index in [0.29, 0.717) is 0 Å². The first-order valence-electron chi connectivity index (χ1n) is 6.49. The number of ether oxygens (including phenoxy) is 3. The van der Waals surface area contributed by atoms with Crippen molar-refractivity contribution < 1.29 is 33.7 Å². The first-order chi connectivity index (χ1) is 9.45. The van der Waals surface area contributed by atoms with Crippen LogP contribution in [-0.4, -0.2) is 49.9 Å². The van der Waals surface area contributed by atoms with Gasteiger partial charge in [0.25, 0.3) is 0 Å². The fraction of sp³-hybridized carbons (Fsp3) is 0.750. The highest BCUT2D eigenvalue weighted by Gasteiger charge is 2.43. The smallest absolute Gasteiger partial charge is 0.339 e. The number of carbonyl (C=O) groups is 3. The Morgan fingerprint density at radius 1 is 0.947 bits per heavy atom. The maximum Gasteiger partial charge on any atom is 0.339 e. The van der Waals surface area contributed by atoms with Crippen LogP contribution in [-0.2, 0) is 28.6 Å². The molecule has 0 aromatic rings. The molecule has 0 radical (unpaired) electrons. The highest BCUT2D eigenvalue weighted by atomic mass is 16.6. The van der Waals surface area contributed by atoms with Gasteiger partial charge >= 0.3 is 17.9 Å². The van der Waals surface area contributed by atoms with Crippen LogP contribution < -0.4 is 0 Å². The summed E-state index contributed by atoms with van der Waals surface area (Å²) in [6, 6.07) is 0. The molecule has 0 aliphatic rings. The van der Waals surface area contributed by atoms with Gasteiger partial charge < -0.3 is 19.3 Å². The number of esters is 3. The maximum absolute atomic E-state index is 11.9. The molecule has 0 amide bonds. The molecule has 1 N–H and O–H groups in total. The topological polar surface area (TPSA) is 99.1 Å². The molecule has 0 spiro atoms. The molecule has 0 heterocycles. The van der Waals surface area contributed by atoms with E-state index in [4.69, 9.17) is 15.6 Å². The lowest BCUT2D eigenvalue weighted by Crippen LogP contribution is -2.44. The average molecular weight is 277 g/mol. The molecular weight excluding hydrogens is 256 g/mol. The number of carbonyl (C=O) groups excluding carboxylic acids is 3.